The first kappa shape index (κ1) is 18.1. The van der Waals surface area contributed by atoms with Crippen LogP contribution in [0.15, 0.2) is 47.0 Å². The van der Waals surface area contributed by atoms with E-state index in [1.165, 1.54) is 29.5 Å². The highest BCUT2D eigenvalue weighted by atomic mass is 16.5. The SMILES string of the molecule is CCc1ccc(-c2noc(C3CC(=O)N(c4cccc5c4CCCC5)C3)n2)cc1. The number of hydrogen-bond acceptors (Lipinski definition) is 4. The second kappa shape index (κ2) is 7.47. The molecule has 0 N–H and O–H groups in total. The summed E-state index contributed by atoms with van der Waals surface area (Å²) < 4.78 is 5.56. The summed E-state index contributed by atoms with van der Waals surface area (Å²) in [6, 6.07) is 14.6. The molecule has 2 aromatic carbocycles. The lowest BCUT2D eigenvalue weighted by Crippen LogP contribution is -2.26. The number of amides is 1. The summed E-state index contributed by atoms with van der Waals surface area (Å²) in [5, 5.41) is 4.16. The normalized spacial score (nSPS) is 18.9. The maximum Gasteiger partial charge on any atom is 0.232 e. The number of aromatic nitrogens is 2. The van der Waals surface area contributed by atoms with Crippen LogP contribution in [-0.2, 0) is 24.1 Å². The topological polar surface area (TPSA) is 59.2 Å². The van der Waals surface area contributed by atoms with Gasteiger partial charge in [-0.25, -0.2) is 0 Å². The number of hydrogen-bond donors (Lipinski definition) is 0. The van der Waals surface area contributed by atoms with E-state index in [4.69, 9.17) is 4.52 Å². The second-order valence-electron chi connectivity index (χ2n) is 8.03. The molecule has 2 aliphatic rings. The third-order valence-electron chi connectivity index (χ3n) is 6.20. The van der Waals surface area contributed by atoms with E-state index < -0.39 is 0 Å². The maximum absolute atomic E-state index is 12.8. The Bertz CT molecular complexity index is 1040. The maximum atomic E-state index is 12.8. The number of carbonyl (C=O) groups is 1. The molecule has 5 heteroatoms. The Labute approximate surface area is 170 Å². The third-order valence-corrected chi connectivity index (χ3v) is 6.20. The average Bonchev–Trinajstić information content (AvgIpc) is 3.40. The first-order valence-electron chi connectivity index (χ1n) is 10.6. The van der Waals surface area contributed by atoms with E-state index in [2.05, 4.69) is 47.4 Å². The molecule has 0 bridgehead atoms. The van der Waals surface area contributed by atoms with Gasteiger partial charge in [0.2, 0.25) is 17.6 Å². The molecule has 1 aromatic heterocycles. The minimum atomic E-state index is -0.0573. The Kier molecular flexibility index (Phi) is 4.66. The monoisotopic (exact) mass is 387 g/mol. The number of carbonyl (C=O) groups excluding carboxylic acids is 1. The number of anilines is 1. The van der Waals surface area contributed by atoms with Crippen LogP contribution in [0.1, 0.15) is 54.7 Å². The summed E-state index contributed by atoms with van der Waals surface area (Å²) in [6.07, 6.45) is 6.01. The van der Waals surface area contributed by atoms with E-state index in [0.717, 1.165) is 30.5 Å². The fraction of sp³-hybridized carbons (Fsp3) is 0.375. The summed E-state index contributed by atoms with van der Waals surface area (Å²) in [5.41, 5.74) is 6.02. The van der Waals surface area contributed by atoms with Gasteiger partial charge in [0, 0.05) is 24.2 Å². The van der Waals surface area contributed by atoms with Crippen molar-refractivity contribution in [1.29, 1.82) is 0 Å². The fourth-order valence-corrected chi connectivity index (χ4v) is 4.53. The largest absolute Gasteiger partial charge is 0.339 e. The van der Waals surface area contributed by atoms with Crippen molar-refractivity contribution in [3.63, 3.8) is 0 Å². The van der Waals surface area contributed by atoms with Crippen molar-refractivity contribution in [2.45, 2.75) is 51.4 Å². The van der Waals surface area contributed by atoms with Crippen LogP contribution in [0.2, 0.25) is 0 Å². The molecular formula is C24H25N3O2. The first-order chi connectivity index (χ1) is 14.2. The van der Waals surface area contributed by atoms with Gasteiger partial charge in [-0.2, -0.15) is 4.98 Å². The van der Waals surface area contributed by atoms with Crippen LogP contribution in [0.5, 0.6) is 0 Å². The van der Waals surface area contributed by atoms with Gasteiger partial charge in [-0.3, -0.25) is 4.79 Å². The van der Waals surface area contributed by atoms with Crippen LogP contribution < -0.4 is 4.90 Å². The average molecular weight is 387 g/mol. The summed E-state index contributed by atoms with van der Waals surface area (Å²) in [5.74, 6) is 1.23. The molecular weight excluding hydrogens is 362 g/mol. The van der Waals surface area contributed by atoms with Crippen LogP contribution in [0, 0.1) is 0 Å². The predicted molar refractivity (Wildman–Crippen MR) is 112 cm³/mol. The van der Waals surface area contributed by atoms with E-state index in [9.17, 15) is 4.79 Å². The number of benzene rings is 2. The van der Waals surface area contributed by atoms with Gasteiger partial charge in [0.25, 0.3) is 0 Å². The van der Waals surface area contributed by atoms with Crippen molar-refractivity contribution in [3.8, 4) is 11.4 Å². The molecule has 29 heavy (non-hydrogen) atoms. The lowest BCUT2D eigenvalue weighted by atomic mass is 9.90. The van der Waals surface area contributed by atoms with Gasteiger partial charge in [-0.1, -0.05) is 48.5 Å². The highest BCUT2D eigenvalue weighted by Gasteiger charge is 2.36. The van der Waals surface area contributed by atoms with Crippen LogP contribution in [-0.4, -0.2) is 22.6 Å². The van der Waals surface area contributed by atoms with Crippen molar-refractivity contribution in [3.05, 3.63) is 65.0 Å². The lowest BCUT2D eigenvalue weighted by Gasteiger charge is -2.25. The van der Waals surface area contributed by atoms with Crippen LogP contribution in [0.25, 0.3) is 11.4 Å². The van der Waals surface area contributed by atoms with Gasteiger partial charge >= 0.3 is 0 Å². The smallest absolute Gasteiger partial charge is 0.232 e. The number of aryl methyl sites for hydroxylation is 2. The van der Waals surface area contributed by atoms with E-state index in [1.807, 2.05) is 17.0 Å². The lowest BCUT2D eigenvalue weighted by molar-refractivity contribution is -0.117. The number of nitrogens with zero attached hydrogens (tertiary/aromatic N) is 3. The highest BCUT2D eigenvalue weighted by Crippen LogP contribution is 2.36. The van der Waals surface area contributed by atoms with E-state index in [-0.39, 0.29) is 11.8 Å². The van der Waals surface area contributed by atoms with Crippen LogP contribution in [0.3, 0.4) is 0 Å². The molecule has 0 radical (unpaired) electrons. The van der Waals surface area contributed by atoms with Gasteiger partial charge in [0.05, 0.1) is 5.92 Å². The zero-order chi connectivity index (χ0) is 19.8. The summed E-state index contributed by atoms with van der Waals surface area (Å²) in [4.78, 5) is 19.4. The molecule has 1 amide bonds. The van der Waals surface area contributed by atoms with Crippen molar-refractivity contribution in [1.82, 2.24) is 10.1 Å². The fourth-order valence-electron chi connectivity index (χ4n) is 4.53. The molecule has 148 valence electrons. The minimum Gasteiger partial charge on any atom is -0.339 e. The quantitative estimate of drug-likeness (QED) is 0.651. The number of rotatable bonds is 4. The van der Waals surface area contributed by atoms with Gasteiger partial charge in [0.15, 0.2) is 0 Å². The van der Waals surface area contributed by atoms with E-state index >= 15 is 0 Å². The standard InChI is InChI=1S/C24H25N3O2/c1-2-16-10-12-18(13-11-16)23-25-24(29-26-23)19-14-22(28)27(15-19)21-9-5-7-17-6-3-4-8-20(17)21/h5,7,9-13,19H,2-4,6,8,14-15H2,1H3. The molecule has 1 aliphatic carbocycles. The molecule has 3 aromatic rings. The Hall–Kier alpha value is -2.95. The molecule has 5 rings (SSSR count). The molecule has 1 atom stereocenters. The molecule has 0 spiro atoms. The van der Waals surface area contributed by atoms with Gasteiger partial charge in [-0.05, 0) is 54.9 Å². The highest BCUT2D eigenvalue weighted by molar-refractivity contribution is 5.97. The molecule has 1 aliphatic heterocycles. The minimum absolute atomic E-state index is 0.0573. The van der Waals surface area contributed by atoms with Gasteiger partial charge < -0.3 is 9.42 Å². The zero-order valence-electron chi connectivity index (χ0n) is 16.7. The van der Waals surface area contributed by atoms with Gasteiger partial charge in [0.1, 0.15) is 0 Å². The molecule has 0 saturated carbocycles. The van der Waals surface area contributed by atoms with E-state index in [0.29, 0.717) is 24.7 Å². The third kappa shape index (κ3) is 3.35. The Morgan fingerprint density at radius 1 is 1.10 bits per heavy atom. The van der Waals surface area contributed by atoms with Crippen molar-refractivity contribution in [2.75, 3.05) is 11.4 Å². The molecule has 2 heterocycles. The van der Waals surface area contributed by atoms with Crippen molar-refractivity contribution in [2.24, 2.45) is 0 Å². The summed E-state index contributed by atoms with van der Waals surface area (Å²) in [7, 11) is 0. The molecule has 1 unspecified atom stereocenters. The summed E-state index contributed by atoms with van der Waals surface area (Å²) >= 11 is 0. The van der Waals surface area contributed by atoms with Gasteiger partial charge in [-0.15, -0.1) is 0 Å². The zero-order valence-corrected chi connectivity index (χ0v) is 16.7. The predicted octanol–water partition coefficient (Wildman–Crippen LogP) is 4.70. The summed E-state index contributed by atoms with van der Waals surface area (Å²) in [6.45, 7) is 2.74. The second-order valence-corrected chi connectivity index (χ2v) is 8.03. The number of fused-ring (bicyclic) bond motifs is 1. The Morgan fingerprint density at radius 2 is 1.93 bits per heavy atom. The first-order valence-corrected chi connectivity index (χ1v) is 10.6. The van der Waals surface area contributed by atoms with Crippen molar-refractivity contribution >= 4 is 11.6 Å². The van der Waals surface area contributed by atoms with Crippen LogP contribution in [0.4, 0.5) is 5.69 Å². The van der Waals surface area contributed by atoms with E-state index in [1.54, 1.807) is 0 Å². The van der Waals surface area contributed by atoms with Crippen LogP contribution >= 0.6 is 0 Å². The molecule has 1 fully saturated rings. The Morgan fingerprint density at radius 3 is 2.76 bits per heavy atom. The molecule has 5 nitrogen and oxygen atoms in total. The molecule has 1 saturated heterocycles. The van der Waals surface area contributed by atoms with Crippen molar-refractivity contribution < 1.29 is 9.32 Å². The Balaban J connectivity index is 1.38.